The van der Waals surface area contributed by atoms with Gasteiger partial charge in [0.1, 0.15) is 6.61 Å². The third-order valence-electron chi connectivity index (χ3n) is 7.84. The van der Waals surface area contributed by atoms with Gasteiger partial charge in [-0.15, -0.1) is 0 Å². The Kier molecular flexibility index (Phi) is 5.85. The number of ether oxygens (including phenoxy) is 2. The molecule has 36 heavy (non-hydrogen) atoms. The van der Waals surface area contributed by atoms with E-state index < -0.39 is 8.07 Å². The fourth-order valence-electron chi connectivity index (χ4n) is 5.95. The predicted molar refractivity (Wildman–Crippen MR) is 147 cm³/mol. The minimum atomic E-state index is -1.40. The molecule has 4 nitrogen and oxygen atoms in total. The lowest BCUT2D eigenvalue weighted by molar-refractivity contribution is -0.0331. The standard InChI is InChI=1S/C31H33NO3Si/c1-36(2,3)25-10-8-9-21(17-25)22-15-23-18-34-19-24(16-22)32(23)31(33)35-20-30-28-13-6-4-11-26(28)27-12-5-7-14-29(27)30/h4-15,17,23-24,30H,16,18-20H2,1-3H3. The Balaban J connectivity index is 1.22. The van der Waals surface area contributed by atoms with Gasteiger partial charge in [-0.2, -0.15) is 0 Å². The molecule has 6 rings (SSSR count). The summed E-state index contributed by atoms with van der Waals surface area (Å²) in [6.07, 6.45) is 2.78. The molecule has 0 spiro atoms. The van der Waals surface area contributed by atoms with Gasteiger partial charge in [0, 0.05) is 5.92 Å². The van der Waals surface area contributed by atoms with E-state index in [1.807, 2.05) is 4.90 Å². The molecule has 3 aliphatic rings. The quantitative estimate of drug-likeness (QED) is 0.415. The molecule has 1 fully saturated rings. The van der Waals surface area contributed by atoms with Crippen LogP contribution in [-0.4, -0.2) is 51.0 Å². The van der Waals surface area contributed by atoms with Gasteiger partial charge in [0.25, 0.3) is 0 Å². The molecule has 0 saturated carbocycles. The number of benzene rings is 3. The molecule has 2 heterocycles. The smallest absolute Gasteiger partial charge is 0.410 e. The maximum Gasteiger partial charge on any atom is 0.410 e. The third-order valence-corrected chi connectivity index (χ3v) is 9.89. The highest BCUT2D eigenvalue weighted by molar-refractivity contribution is 6.88. The maximum absolute atomic E-state index is 13.4. The lowest BCUT2D eigenvalue weighted by Gasteiger charge is -2.44. The zero-order valence-corrected chi connectivity index (χ0v) is 22.2. The molecule has 3 aromatic rings. The van der Waals surface area contributed by atoms with Crippen LogP contribution < -0.4 is 5.19 Å². The Bertz CT molecular complexity index is 1300. The largest absolute Gasteiger partial charge is 0.448 e. The minimum Gasteiger partial charge on any atom is -0.448 e. The Morgan fingerprint density at radius 2 is 1.64 bits per heavy atom. The second-order valence-electron chi connectivity index (χ2n) is 11.2. The Morgan fingerprint density at radius 3 is 2.31 bits per heavy atom. The average Bonchev–Trinajstić information content (AvgIpc) is 3.20. The highest BCUT2D eigenvalue weighted by Crippen LogP contribution is 2.44. The average molecular weight is 496 g/mol. The molecule has 2 atom stereocenters. The van der Waals surface area contributed by atoms with Gasteiger partial charge in [-0.1, -0.05) is 104 Å². The van der Waals surface area contributed by atoms with Crippen LogP contribution >= 0.6 is 0 Å². The van der Waals surface area contributed by atoms with Gasteiger partial charge < -0.3 is 9.47 Å². The molecule has 184 valence electrons. The van der Waals surface area contributed by atoms with Crippen molar-refractivity contribution in [3.05, 3.63) is 95.6 Å². The van der Waals surface area contributed by atoms with E-state index in [0.717, 1.165) is 6.42 Å². The number of fused-ring (bicyclic) bond motifs is 5. The van der Waals surface area contributed by atoms with Gasteiger partial charge >= 0.3 is 6.09 Å². The molecule has 5 heteroatoms. The normalized spacial score (nSPS) is 21.0. The second-order valence-corrected chi connectivity index (χ2v) is 16.3. The number of nitrogens with zero attached hydrogens (tertiary/aromatic N) is 1. The molecule has 0 radical (unpaired) electrons. The van der Waals surface area contributed by atoms with E-state index in [9.17, 15) is 4.79 Å². The summed E-state index contributed by atoms with van der Waals surface area (Å²) in [5, 5.41) is 1.46. The van der Waals surface area contributed by atoms with Crippen LogP contribution in [0.3, 0.4) is 0 Å². The van der Waals surface area contributed by atoms with Crippen molar-refractivity contribution in [3.63, 3.8) is 0 Å². The summed E-state index contributed by atoms with van der Waals surface area (Å²) < 4.78 is 11.9. The number of rotatable bonds is 4. The summed E-state index contributed by atoms with van der Waals surface area (Å²) in [5.41, 5.74) is 7.54. The molecule has 2 aliphatic heterocycles. The van der Waals surface area contributed by atoms with Crippen molar-refractivity contribution in [2.75, 3.05) is 19.8 Å². The summed E-state index contributed by atoms with van der Waals surface area (Å²) in [4.78, 5) is 15.4. The van der Waals surface area contributed by atoms with Crippen LogP contribution in [0.5, 0.6) is 0 Å². The summed E-state index contributed by atoms with van der Waals surface area (Å²) in [5.74, 6) is 0.0673. The van der Waals surface area contributed by atoms with E-state index in [2.05, 4.69) is 98.5 Å². The van der Waals surface area contributed by atoms with Gasteiger partial charge in [0.15, 0.2) is 0 Å². The fourth-order valence-corrected chi connectivity index (χ4v) is 7.13. The van der Waals surface area contributed by atoms with Gasteiger partial charge in [0.2, 0.25) is 0 Å². The van der Waals surface area contributed by atoms with E-state index in [-0.39, 0.29) is 24.1 Å². The van der Waals surface area contributed by atoms with Crippen molar-refractivity contribution in [1.82, 2.24) is 4.90 Å². The van der Waals surface area contributed by atoms with Crippen LogP contribution in [0.2, 0.25) is 19.6 Å². The van der Waals surface area contributed by atoms with Crippen molar-refractivity contribution in [2.24, 2.45) is 0 Å². The van der Waals surface area contributed by atoms with Crippen molar-refractivity contribution < 1.29 is 14.3 Å². The number of morpholine rings is 1. The first-order valence-electron chi connectivity index (χ1n) is 12.9. The first-order valence-corrected chi connectivity index (χ1v) is 16.4. The summed E-state index contributed by atoms with van der Waals surface area (Å²) in [6, 6.07) is 25.8. The molecule has 1 amide bonds. The first kappa shape index (κ1) is 23.3. The van der Waals surface area contributed by atoms with Crippen molar-refractivity contribution in [3.8, 4) is 11.1 Å². The van der Waals surface area contributed by atoms with Crippen LogP contribution in [0.15, 0.2) is 78.9 Å². The fraction of sp³-hybridized carbons (Fsp3) is 0.323. The molecular weight excluding hydrogens is 462 g/mol. The lowest BCUT2D eigenvalue weighted by atomic mass is 9.90. The Hall–Kier alpha value is -3.15. The van der Waals surface area contributed by atoms with Crippen LogP contribution in [-0.2, 0) is 9.47 Å². The van der Waals surface area contributed by atoms with Crippen LogP contribution in [0, 0.1) is 0 Å². The minimum absolute atomic E-state index is 0.00469. The van der Waals surface area contributed by atoms with Crippen LogP contribution in [0.4, 0.5) is 4.79 Å². The third kappa shape index (κ3) is 4.10. The van der Waals surface area contributed by atoms with Crippen LogP contribution in [0.25, 0.3) is 16.7 Å². The molecule has 2 unspecified atom stereocenters. The van der Waals surface area contributed by atoms with Crippen molar-refractivity contribution in [1.29, 1.82) is 0 Å². The molecule has 1 aliphatic carbocycles. The number of carbonyl (C=O) groups is 1. The highest BCUT2D eigenvalue weighted by Gasteiger charge is 2.40. The van der Waals surface area contributed by atoms with Crippen LogP contribution in [0.1, 0.15) is 29.0 Å². The molecule has 0 N–H and O–H groups in total. The zero-order chi connectivity index (χ0) is 24.9. The molecule has 3 aromatic carbocycles. The van der Waals surface area contributed by atoms with Crippen molar-refractivity contribution >= 4 is 24.9 Å². The molecule has 0 aromatic heterocycles. The van der Waals surface area contributed by atoms with Gasteiger partial charge in [-0.3, -0.25) is 4.90 Å². The zero-order valence-electron chi connectivity index (χ0n) is 21.2. The Morgan fingerprint density at radius 1 is 0.944 bits per heavy atom. The van der Waals surface area contributed by atoms with E-state index in [1.54, 1.807) is 0 Å². The van der Waals surface area contributed by atoms with E-state index in [4.69, 9.17) is 9.47 Å². The predicted octanol–water partition coefficient (Wildman–Crippen LogP) is 6.04. The molecule has 2 bridgehead atoms. The molecular formula is C31H33NO3Si. The number of amides is 1. The van der Waals surface area contributed by atoms with E-state index in [1.165, 1.54) is 38.6 Å². The molecule has 1 saturated heterocycles. The topological polar surface area (TPSA) is 38.8 Å². The monoisotopic (exact) mass is 495 g/mol. The Labute approximate surface area is 214 Å². The number of carbonyl (C=O) groups excluding carboxylic acids is 1. The lowest BCUT2D eigenvalue weighted by Crippen LogP contribution is -2.56. The summed E-state index contributed by atoms with van der Waals surface area (Å²) in [6.45, 7) is 8.54. The SMILES string of the molecule is C[Si](C)(C)c1cccc(C2=CC3COCC(C2)N3C(=O)OCC2c3ccccc3-c3ccccc32)c1. The highest BCUT2D eigenvalue weighted by atomic mass is 28.3. The summed E-state index contributed by atoms with van der Waals surface area (Å²) in [7, 11) is -1.40. The first-order chi connectivity index (χ1) is 17.4. The van der Waals surface area contributed by atoms with Gasteiger partial charge in [-0.05, 0) is 39.8 Å². The number of hydrogen-bond donors (Lipinski definition) is 0. The van der Waals surface area contributed by atoms with E-state index >= 15 is 0 Å². The van der Waals surface area contributed by atoms with Crippen molar-refractivity contribution in [2.45, 2.75) is 44.1 Å². The second kappa shape index (κ2) is 9.06. The summed E-state index contributed by atoms with van der Waals surface area (Å²) >= 11 is 0. The maximum atomic E-state index is 13.4. The van der Waals surface area contributed by atoms with E-state index in [0.29, 0.717) is 19.8 Å². The van der Waals surface area contributed by atoms with Gasteiger partial charge in [-0.25, -0.2) is 4.79 Å². The number of hydrogen-bond acceptors (Lipinski definition) is 3. The van der Waals surface area contributed by atoms with Gasteiger partial charge in [0.05, 0.1) is 33.4 Å².